The van der Waals surface area contributed by atoms with Gasteiger partial charge in [-0.25, -0.2) is 19.1 Å². The van der Waals surface area contributed by atoms with Crippen LogP contribution in [0, 0.1) is 6.92 Å². The minimum atomic E-state index is -4.00. The molecule has 0 saturated carbocycles. The summed E-state index contributed by atoms with van der Waals surface area (Å²) in [6, 6.07) is 2.48. The van der Waals surface area contributed by atoms with Crippen LogP contribution in [-0.2, 0) is 14.8 Å². The van der Waals surface area contributed by atoms with E-state index in [1.807, 2.05) is 18.9 Å². The lowest BCUT2D eigenvalue weighted by Gasteiger charge is -2.28. The molecule has 0 radical (unpaired) electrons. The topological polar surface area (TPSA) is 116 Å². The molecule has 0 unspecified atom stereocenters. The largest absolute Gasteiger partial charge is 0.465 e. The summed E-state index contributed by atoms with van der Waals surface area (Å²) in [4.78, 5) is 23.1. The number of anilines is 2. The first-order valence-corrected chi connectivity index (χ1v) is 17.1. The summed E-state index contributed by atoms with van der Waals surface area (Å²) >= 11 is 1.31. The van der Waals surface area contributed by atoms with Crippen molar-refractivity contribution in [2.24, 2.45) is 0 Å². The number of hydrogen-bond donors (Lipinski definition) is 1. The van der Waals surface area contributed by atoms with Crippen molar-refractivity contribution in [1.29, 1.82) is 0 Å². The van der Waals surface area contributed by atoms with E-state index in [9.17, 15) is 18.3 Å². The van der Waals surface area contributed by atoms with Crippen LogP contribution in [-0.4, -0.2) is 82.1 Å². The second-order valence-corrected chi connectivity index (χ2v) is 17.8. The van der Waals surface area contributed by atoms with Gasteiger partial charge >= 0.3 is 6.09 Å². The van der Waals surface area contributed by atoms with Crippen molar-refractivity contribution in [2.75, 3.05) is 42.7 Å². The Bertz CT molecular complexity index is 1090. The Labute approximate surface area is 206 Å². The van der Waals surface area contributed by atoms with Gasteiger partial charge in [0.25, 0.3) is 10.0 Å². The maximum atomic E-state index is 13.5. The molecule has 34 heavy (non-hydrogen) atoms. The number of carbonyl (C=O) groups is 1. The third-order valence-electron chi connectivity index (χ3n) is 5.85. The fraction of sp³-hybridized carbons (Fsp3) is 0.571. The molecular formula is C21H33N5O5S2Si. The van der Waals surface area contributed by atoms with E-state index < -0.39 is 24.2 Å². The highest BCUT2D eigenvalue weighted by molar-refractivity contribution is 7.92. The van der Waals surface area contributed by atoms with Crippen LogP contribution < -0.4 is 9.21 Å². The SMILES string of the molecule is Cc1cc(S(=O)(=O)N(COCC[Si](C)(C)C)c2cscn2)ncc1N(C)[C@H]1CCN(C(=O)O)C1. The number of aryl methyl sites for hydroxylation is 1. The zero-order valence-electron chi connectivity index (χ0n) is 20.3. The minimum absolute atomic E-state index is 0.00493. The third-order valence-corrected chi connectivity index (χ3v) is 9.76. The molecule has 1 aliphatic heterocycles. The van der Waals surface area contributed by atoms with Crippen molar-refractivity contribution < 1.29 is 23.1 Å². The smallest absolute Gasteiger partial charge is 0.407 e. The maximum Gasteiger partial charge on any atom is 0.407 e. The molecule has 3 rings (SSSR count). The first-order valence-electron chi connectivity index (χ1n) is 11.1. The average Bonchev–Trinajstić information content (AvgIpc) is 3.44. The molecule has 188 valence electrons. The van der Waals surface area contributed by atoms with Gasteiger partial charge in [-0.15, -0.1) is 11.3 Å². The van der Waals surface area contributed by atoms with E-state index in [0.29, 0.717) is 31.9 Å². The highest BCUT2D eigenvalue weighted by atomic mass is 32.2. The van der Waals surface area contributed by atoms with Crippen molar-refractivity contribution in [2.45, 2.75) is 50.1 Å². The Balaban J connectivity index is 1.79. The maximum absolute atomic E-state index is 13.5. The van der Waals surface area contributed by atoms with Gasteiger partial charge in [-0.1, -0.05) is 19.6 Å². The van der Waals surface area contributed by atoms with Gasteiger partial charge in [-0.3, -0.25) is 0 Å². The van der Waals surface area contributed by atoms with Gasteiger partial charge in [0.05, 0.1) is 17.4 Å². The molecule has 1 atom stereocenters. The lowest BCUT2D eigenvalue weighted by atomic mass is 10.1. The van der Waals surface area contributed by atoms with Crippen LogP contribution in [0.15, 0.2) is 28.2 Å². The second kappa shape index (κ2) is 10.6. The number of sulfonamides is 1. The van der Waals surface area contributed by atoms with Crippen LogP contribution in [0.25, 0.3) is 0 Å². The molecule has 2 aromatic rings. The summed E-state index contributed by atoms with van der Waals surface area (Å²) in [7, 11) is -3.43. The van der Waals surface area contributed by atoms with E-state index in [1.165, 1.54) is 22.4 Å². The molecule has 1 fully saturated rings. The van der Waals surface area contributed by atoms with Gasteiger partial charge in [0.1, 0.15) is 6.73 Å². The number of rotatable bonds is 10. The number of carboxylic acid groups (broad SMARTS) is 1. The highest BCUT2D eigenvalue weighted by Crippen LogP contribution is 2.28. The zero-order valence-corrected chi connectivity index (χ0v) is 22.9. The summed E-state index contributed by atoms with van der Waals surface area (Å²) in [6.45, 7) is 9.77. The Morgan fingerprint density at radius 1 is 1.35 bits per heavy atom. The number of likely N-dealkylation sites (tertiary alicyclic amines) is 1. The molecular weight excluding hydrogens is 494 g/mol. The Hall–Kier alpha value is -2.22. The molecule has 0 bridgehead atoms. The van der Waals surface area contributed by atoms with Gasteiger partial charge in [0, 0.05) is 46.2 Å². The zero-order chi connectivity index (χ0) is 25.1. The van der Waals surface area contributed by atoms with Crippen LogP contribution in [0.3, 0.4) is 0 Å². The Morgan fingerprint density at radius 3 is 2.65 bits per heavy atom. The van der Waals surface area contributed by atoms with Crippen molar-refractivity contribution in [3.63, 3.8) is 0 Å². The first-order chi connectivity index (χ1) is 15.9. The number of aromatic nitrogens is 2. The molecule has 1 N–H and O–H groups in total. The Morgan fingerprint density at radius 2 is 2.09 bits per heavy atom. The van der Waals surface area contributed by atoms with Crippen LogP contribution in [0.4, 0.5) is 16.3 Å². The van der Waals surface area contributed by atoms with Gasteiger partial charge < -0.3 is 19.6 Å². The standard InChI is InChI=1S/C21H33N5O5S2Si/c1-16-10-20(22-11-18(16)24(2)17-6-7-25(12-17)21(27)28)33(29,30)26(19-13-32-14-23-19)15-31-8-9-34(3,4)5/h10-11,13-14,17H,6-9,12,15H2,1-5H3,(H,27,28)/t17-/m0/s1. The minimum Gasteiger partial charge on any atom is -0.465 e. The molecule has 0 aliphatic carbocycles. The second-order valence-electron chi connectivity index (χ2n) is 9.64. The lowest BCUT2D eigenvalue weighted by Crippen LogP contribution is -2.37. The molecule has 1 saturated heterocycles. The highest BCUT2D eigenvalue weighted by Gasteiger charge is 2.31. The predicted molar refractivity (Wildman–Crippen MR) is 136 cm³/mol. The fourth-order valence-electron chi connectivity index (χ4n) is 3.69. The fourth-order valence-corrected chi connectivity index (χ4v) is 6.35. The number of hydrogen-bond acceptors (Lipinski definition) is 8. The summed E-state index contributed by atoms with van der Waals surface area (Å²) in [6.07, 6.45) is 1.31. The quantitative estimate of drug-likeness (QED) is 0.283. The third kappa shape index (κ3) is 6.26. The number of pyridine rings is 1. The van der Waals surface area contributed by atoms with Gasteiger partial charge in [0.15, 0.2) is 10.8 Å². The number of nitrogens with zero attached hydrogens (tertiary/aromatic N) is 5. The number of likely N-dealkylation sites (N-methyl/N-ethyl adjacent to an activating group) is 1. The van der Waals surface area contributed by atoms with Gasteiger partial charge in [-0.05, 0) is 31.0 Å². The molecule has 3 heterocycles. The van der Waals surface area contributed by atoms with Crippen molar-refractivity contribution in [3.05, 3.63) is 28.7 Å². The monoisotopic (exact) mass is 527 g/mol. The lowest BCUT2D eigenvalue weighted by molar-refractivity contribution is 0.155. The van der Waals surface area contributed by atoms with Crippen molar-refractivity contribution >= 4 is 47.0 Å². The summed E-state index contributed by atoms with van der Waals surface area (Å²) in [5.41, 5.74) is 3.09. The van der Waals surface area contributed by atoms with Gasteiger partial charge in [0.2, 0.25) is 0 Å². The molecule has 0 aromatic carbocycles. The first kappa shape index (κ1) is 26.4. The number of amides is 1. The van der Waals surface area contributed by atoms with Crippen molar-refractivity contribution in [3.8, 4) is 0 Å². The van der Waals surface area contributed by atoms with E-state index in [0.717, 1.165) is 21.6 Å². The molecule has 2 aromatic heterocycles. The predicted octanol–water partition coefficient (Wildman–Crippen LogP) is 3.54. The molecule has 1 aliphatic rings. The van der Waals surface area contributed by atoms with Crippen LogP contribution in [0.1, 0.15) is 12.0 Å². The summed E-state index contributed by atoms with van der Waals surface area (Å²) in [5, 5.41) is 10.8. The number of ether oxygens (including phenoxy) is 1. The van der Waals surface area contributed by atoms with Gasteiger partial charge in [-0.2, -0.15) is 8.42 Å². The van der Waals surface area contributed by atoms with E-state index in [2.05, 4.69) is 29.6 Å². The number of thiazole rings is 1. The van der Waals surface area contributed by atoms with E-state index in [4.69, 9.17) is 4.74 Å². The molecule has 13 heteroatoms. The van der Waals surface area contributed by atoms with Crippen LogP contribution in [0.5, 0.6) is 0 Å². The van der Waals surface area contributed by atoms with E-state index in [1.54, 1.807) is 17.0 Å². The van der Waals surface area contributed by atoms with Crippen molar-refractivity contribution in [1.82, 2.24) is 14.9 Å². The normalized spacial score (nSPS) is 16.6. The molecule has 10 nitrogen and oxygen atoms in total. The Kier molecular flexibility index (Phi) is 8.21. The molecule has 1 amide bonds. The molecule has 0 spiro atoms. The average molecular weight is 528 g/mol. The summed E-state index contributed by atoms with van der Waals surface area (Å²) < 4.78 is 33.9. The summed E-state index contributed by atoms with van der Waals surface area (Å²) in [5.74, 6) is 0.304. The van der Waals surface area contributed by atoms with E-state index in [-0.39, 0.29) is 17.8 Å². The van der Waals surface area contributed by atoms with Crippen LogP contribution >= 0.6 is 11.3 Å². The van der Waals surface area contributed by atoms with E-state index >= 15 is 0 Å². The van der Waals surface area contributed by atoms with Crippen LogP contribution in [0.2, 0.25) is 25.7 Å².